The second kappa shape index (κ2) is 8.35. The molecule has 1 atom stereocenters. The van der Waals surface area contributed by atoms with Gasteiger partial charge in [0.05, 0.1) is 18.6 Å². The maximum absolute atomic E-state index is 5.33. The van der Waals surface area contributed by atoms with E-state index in [1.54, 1.807) is 25.6 Å². The highest BCUT2D eigenvalue weighted by Gasteiger charge is 2.14. The number of ether oxygens (including phenoxy) is 2. The van der Waals surface area contributed by atoms with Gasteiger partial charge in [0.2, 0.25) is 5.88 Å². The Morgan fingerprint density at radius 2 is 2.11 bits per heavy atom. The number of hydrogen-bond acceptors (Lipinski definition) is 6. The smallest absolute Gasteiger partial charge is 0.230 e. The van der Waals surface area contributed by atoms with E-state index < -0.39 is 0 Å². The Morgan fingerprint density at radius 1 is 1.37 bits per heavy atom. The highest BCUT2D eigenvalue weighted by molar-refractivity contribution is 7.15. The van der Waals surface area contributed by atoms with E-state index >= 15 is 0 Å². The molecule has 1 unspecified atom stereocenters. The van der Waals surface area contributed by atoms with Crippen LogP contribution in [0.5, 0.6) is 5.88 Å². The molecule has 0 spiro atoms. The Kier molecular flexibility index (Phi) is 7.12. The van der Waals surface area contributed by atoms with Gasteiger partial charge in [-0.05, 0) is 6.42 Å². The Bertz CT molecular complexity index is 363. The third-order valence-electron chi connectivity index (χ3n) is 2.78. The molecule has 1 aromatic rings. The number of thiazole rings is 1. The molecule has 0 saturated heterocycles. The van der Waals surface area contributed by atoms with Crippen molar-refractivity contribution in [3.05, 3.63) is 4.88 Å². The predicted octanol–water partition coefficient (Wildman–Crippen LogP) is 2.12. The molecular weight excluding hydrogens is 262 g/mol. The minimum Gasteiger partial charge on any atom is -0.480 e. The van der Waals surface area contributed by atoms with Crippen molar-refractivity contribution in [1.82, 2.24) is 10.3 Å². The Labute approximate surface area is 119 Å². The van der Waals surface area contributed by atoms with Crippen molar-refractivity contribution in [2.75, 3.05) is 39.8 Å². The number of anilines is 1. The first-order chi connectivity index (χ1) is 9.12. The summed E-state index contributed by atoms with van der Waals surface area (Å²) >= 11 is 1.66. The van der Waals surface area contributed by atoms with Crippen molar-refractivity contribution in [2.45, 2.75) is 32.4 Å². The molecule has 0 aromatic carbocycles. The van der Waals surface area contributed by atoms with Crippen molar-refractivity contribution in [2.24, 2.45) is 0 Å². The van der Waals surface area contributed by atoms with Crippen LogP contribution in [0.4, 0.5) is 5.13 Å². The number of methoxy groups -OCH3 is 2. The average molecular weight is 287 g/mol. The van der Waals surface area contributed by atoms with Crippen molar-refractivity contribution >= 4 is 16.5 Å². The molecule has 19 heavy (non-hydrogen) atoms. The zero-order chi connectivity index (χ0) is 14.3. The van der Waals surface area contributed by atoms with Gasteiger partial charge in [-0.15, -0.1) is 0 Å². The molecule has 0 amide bonds. The molecule has 0 aliphatic carbocycles. The van der Waals surface area contributed by atoms with Crippen LogP contribution in [0.1, 0.15) is 24.6 Å². The molecule has 1 heterocycles. The van der Waals surface area contributed by atoms with E-state index in [0.29, 0.717) is 11.9 Å². The standard InChI is InChI=1S/C13H25N3O2S/c1-6-7-10(9-17-4)14-8-11-12(18-5)15-13(19-11)16(2)3/h10,14H,6-9H2,1-5H3. The first-order valence-electron chi connectivity index (χ1n) is 6.55. The Balaban J connectivity index is 2.64. The van der Waals surface area contributed by atoms with E-state index in [1.807, 2.05) is 19.0 Å². The van der Waals surface area contributed by atoms with Crippen LogP contribution in [-0.2, 0) is 11.3 Å². The number of nitrogens with one attached hydrogen (secondary N) is 1. The summed E-state index contributed by atoms with van der Waals surface area (Å²) in [6, 6.07) is 0.379. The molecule has 0 saturated carbocycles. The van der Waals surface area contributed by atoms with Gasteiger partial charge in [0.25, 0.3) is 0 Å². The molecular formula is C13H25N3O2S. The van der Waals surface area contributed by atoms with Crippen LogP contribution < -0.4 is 15.0 Å². The van der Waals surface area contributed by atoms with E-state index in [4.69, 9.17) is 9.47 Å². The monoisotopic (exact) mass is 287 g/mol. The van der Waals surface area contributed by atoms with Gasteiger partial charge >= 0.3 is 0 Å². The van der Waals surface area contributed by atoms with Gasteiger partial charge in [-0.2, -0.15) is 4.98 Å². The molecule has 110 valence electrons. The molecule has 0 radical (unpaired) electrons. The fourth-order valence-corrected chi connectivity index (χ4v) is 2.72. The summed E-state index contributed by atoms with van der Waals surface area (Å²) in [6.07, 6.45) is 2.25. The van der Waals surface area contributed by atoms with E-state index in [-0.39, 0.29) is 0 Å². The minimum absolute atomic E-state index is 0.379. The highest BCUT2D eigenvalue weighted by Crippen LogP contribution is 2.30. The van der Waals surface area contributed by atoms with Gasteiger partial charge in [-0.3, -0.25) is 0 Å². The highest BCUT2D eigenvalue weighted by atomic mass is 32.1. The lowest BCUT2D eigenvalue weighted by Gasteiger charge is -2.16. The summed E-state index contributed by atoms with van der Waals surface area (Å²) in [5, 5.41) is 4.48. The molecule has 0 aliphatic heterocycles. The van der Waals surface area contributed by atoms with E-state index in [2.05, 4.69) is 17.2 Å². The summed E-state index contributed by atoms with van der Waals surface area (Å²) in [4.78, 5) is 7.57. The predicted molar refractivity (Wildman–Crippen MR) is 80.4 cm³/mol. The van der Waals surface area contributed by atoms with Gasteiger partial charge in [0.1, 0.15) is 0 Å². The summed E-state index contributed by atoms with van der Waals surface area (Å²) in [5.41, 5.74) is 0. The maximum Gasteiger partial charge on any atom is 0.230 e. The lowest BCUT2D eigenvalue weighted by atomic mass is 10.2. The van der Waals surface area contributed by atoms with Gasteiger partial charge in [0.15, 0.2) is 5.13 Å². The second-order valence-electron chi connectivity index (χ2n) is 4.65. The molecule has 0 fully saturated rings. The normalized spacial score (nSPS) is 12.5. The Morgan fingerprint density at radius 3 is 2.63 bits per heavy atom. The zero-order valence-corrected chi connectivity index (χ0v) is 13.3. The first kappa shape index (κ1) is 16.2. The van der Waals surface area contributed by atoms with Crippen molar-refractivity contribution in [1.29, 1.82) is 0 Å². The largest absolute Gasteiger partial charge is 0.480 e. The van der Waals surface area contributed by atoms with Crippen LogP contribution in [0.15, 0.2) is 0 Å². The zero-order valence-electron chi connectivity index (χ0n) is 12.5. The van der Waals surface area contributed by atoms with Crippen molar-refractivity contribution in [3.63, 3.8) is 0 Å². The van der Waals surface area contributed by atoms with Crippen LogP contribution in [0, 0.1) is 0 Å². The van der Waals surface area contributed by atoms with Crippen LogP contribution in [0.25, 0.3) is 0 Å². The summed E-state index contributed by atoms with van der Waals surface area (Å²) < 4.78 is 10.6. The third-order valence-corrected chi connectivity index (χ3v) is 3.99. The van der Waals surface area contributed by atoms with Crippen molar-refractivity contribution < 1.29 is 9.47 Å². The lowest BCUT2D eigenvalue weighted by molar-refractivity contribution is 0.161. The van der Waals surface area contributed by atoms with Crippen LogP contribution in [-0.4, -0.2) is 45.9 Å². The van der Waals surface area contributed by atoms with Crippen LogP contribution >= 0.6 is 11.3 Å². The number of rotatable bonds is 9. The first-order valence-corrected chi connectivity index (χ1v) is 7.37. The minimum atomic E-state index is 0.379. The fraction of sp³-hybridized carbons (Fsp3) is 0.769. The van der Waals surface area contributed by atoms with Crippen molar-refractivity contribution in [3.8, 4) is 5.88 Å². The number of aromatic nitrogens is 1. The van der Waals surface area contributed by atoms with Gasteiger partial charge in [-0.1, -0.05) is 24.7 Å². The maximum atomic E-state index is 5.33. The topological polar surface area (TPSA) is 46.6 Å². The fourth-order valence-electron chi connectivity index (χ4n) is 1.82. The molecule has 0 bridgehead atoms. The van der Waals surface area contributed by atoms with E-state index in [9.17, 15) is 0 Å². The quantitative estimate of drug-likeness (QED) is 0.754. The Hall–Kier alpha value is -0.850. The molecule has 6 heteroatoms. The van der Waals surface area contributed by atoms with Gasteiger partial charge < -0.3 is 19.7 Å². The summed E-state index contributed by atoms with van der Waals surface area (Å²) in [5.74, 6) is 0.717. The molecule has 1 aromatic heterocycles. The average Bonchev–Trinajstić information content (AvgIpc) is 2.80. The number of nitrogens with zero attached hydrogens (tertiary/aromatic N) is 2. The van der Waals surface area contributed by atoms with Crippen LogP contribution in [0.3, 0.4) is 0 Å². The molecule has 0 aliphatic rings. The lowest BCUT2D eigenvalue weighted by Crippen LogP contribution is -2.32. The SMILES string of the molecule is CCCC(COC)NCc1sc(N(C)C)nc1OC. The third kappa shape index (κ3) is 4.97. The van der Waals surface area contributed by atoms with Gasteiger partial charge in [-0.25, -0.2) is 0 Å². The molecule has 5 nitrogen and oxygen atoms in total. The van der Waals surface area contributed by atoms with E-state index in [1.165, 1.54) is 0 Å². The summed E-state index contributed by atoms with van der Waals surface area (Å²) in [6.45, 7) is 3.68. The number of hydrogen-bond donors (Lipinski definition) is 1. The van der Waals surface area contributed by atoms with Gasteiger partial charge in [0, 0.05) is 33.8 Å². The molecule has 1 N–H and O–H groups in total. The second-order valence-corrected chi connectivity index (χ2v) is 5.71. The van der Waals surface area contributed by atoms with E-state index in [0.717, 1.165) is 36.0 Å². The molecule has 1 rings (SSSR count). The summed E-state index contributed by atoms with van der Waals surface area (Å²) in [7, 11) is 7.37. The van der Waals surface area contributed by atoms with Crippen LogP contribution in [0.2, 0.25) is 0 Å².